The maximum atomic E-state index is 4.56. The maximum Gasteiger partial charge on any atom is 0.193 e. The van der Waals surface area contributed by atoms with Crippen molar-refractivity contribution in [2.75, 3.05) is 52.9 Å². The van der Waals surface area contributed by atoms with E-state index in [1.54, 1.807) is 4.88 Å². The van der Waals surface area contributed by atoms with Crippen molar-refractivity contribution in [3.8, 4) is 0 Å². The number of aliphatic imine (C=N–C) groups is 1. The second-order valence-corrected chi connectivity index (χ2v) is 8.85. The lowest BCUT2D eigenvalue weighted by Gasteiger charge is -2.32. The van der Waals surface area contributed by atoms with E-state index in [2.05, 4.69) is 36.5 Å². The summed E-state index contributed by atoms with van der Waals surface area (Å²) >= 11 is 1.92. The van der Waals surface area contributed by atoms with Crippen molar-refractivity contribution >= 4 is 41.3 Å². The van der Waals surface area contributed by atoms with E-state index < -0.39 is 0 Å². The van der Waals surface area contributed by atoms with Crippen LogP contribution >= 0.6 is 35.3 Å². The van der Waals surface area contributed by atoms with E-state index in [0.29, 0.717) is 0 Å². The van der Waals surface area contributed by atoms with Crippen LogP contribution in [-0.2, 0) is 13.0 Å². The zero-order valence-electron chi connectivity index (χ0n) is 16.5. The molecular formula is C20H34IN5S. The molecule has 0 saturated carbocycles. The molecule has 2 saturated heterocycles. The molecule has 3 aliphatic rings. The number of piperidine rings is 1. The minimum absolute atomic E-state index is 0. The van der Waals surface area contributed by atoms with Crippen molar-refractivity contribution in [3.63, 3.8) is 0 Å². The van der Waals surface area contributed by atoms with Gasteiger partial charge in [-0.1, -0.05) is 6.42 Å². The number of fused-ring (bicyclic) bond motifs is 1. The van der Waals surface area contributed by atoms with Gasteiger partial charge in [0.25, 0.3) is 0 Å². The van der Waals surface area contributed by atoms with Crippen LogP contribution in [0.5, 0.6) is 0 Å². The van der Waals surface area contributed by atoms with Crippen molar-refractivity contribution in [2.45, 2.75) is 44.7 Å². The van der Waals surface area contributed by atoms with Crippen LogP contribution in [0.15, 0.2) is 16.4 Å². The summed E-state index contributed by atoms with van der Waals surface area (Å²) in [4.78, 5) is 13.9. The van der Waals surface area contributed by atoms with Crippen molar-refractivity contribution in [1.29, 1.82) is 0 Å². The van der Waals surface area contributed by atoms with Gasteiger partial charge in [0, 0.05) is 57.2 Å². The molecule has 1 unspecified atom stereocenters. The third-order valence-corrected chi connectivity index (χ3v) is 7.20. The maximum absolute atomic E-state index is 4.56. The molecule has 0 radical (unpaired) electrons. The minimum atomic E-state index is 0. The van der Waals surface area contributed by atoms with Crippen LogP contribution in [0.1, 0.15) is 36.1 Å². The molecule has 3 aliphatic heterocycles. The summed E-state index contributed by atoms with van der Waals surface area (Å²) in [6, 6.07) is 3.02. The number of nitrogens with one attached hydrogen (secondary N) is 1. The van der Waals surface area contributed by atoms with Crippen LogP contribution in [0.2, 0.25) is 0 Å². The average Bonchev–Trinajstić information content (AvgIpc) is 3.35. The predicted octanol–water partition coefficient (Wildman–Crippen LogP) is 2.86. The van der Waals surface area contributed by atoms with E-state index >= 15 is 0 Å². The molecule has 2 fully saturated rings. The van der Waals surface area contributed by atoms with Gasteiger partial charge in [0.1, 0.15) is 0 Å². The Morgan fingerprint density at radius 1 is 1.22 bits per heavy atom. The van der Waals surface area contributed by atoms with Crippen LogP contribution in [0, 0.1) is 0 Å². The number of nitrogens with zero attached hydrogens (tertiary/aromatic N) is 4. The summed E-state index contributed by atoms with van der Waals surface area (Å²) < 4.78 is 0. The van der Waals surface area contributed by atoms with Gasteiger partial charge >= 0.3 is 0 Å². The SMILES string of the molecule is CN=C(NCCN1CCc2sccc2C1)N1CCC(N2CCCCC2)C1.I. The van der Waals surface area contributed by atoms with Gasteiger partial charge in [0.15, 0.2) is 5.96 Å². The van der Waals surface area contributed by atoms with Crippen LogP contribution in [-0.4, -0.2) is 79.6 Å². The zero-order chi connectivity index (χ0) is 17.8. The van der Waals surface area contributed by atoms with Crippen LogP contribution in [0.3, 0.4) is 0 Å². The molecule has 1 aromatic heterocycles. The first-order valence-electron chi connectivity index (χ1n) is 10.3. The molecule has 4 heterocycles. The summed E-state index contributed by atoms with van der Waals surface area (Å²) in [5.74, 6) is 1.10. The lowest BCUT2D eigenvalue weighted by molar-refractivity contribution is 0.168. The summed E-state index contributed by atoms with van der Waals surface area (Å²) in [7, 11) is 1.93. The second kappa shape index (κ2) is 10.4. The molecular weight excluding hydrogens is 469 g/mol. The van der Waals surface area contributed by atoms with Crippen molar-refractivity contribution in [2.24, 2.45) is 4.99 Å². The monoisotopic (exact) mass is 503 g/mol. The minimum Gasteiger partial charge on any atom is -0.355 e. The molecule has 0 aromatic carbocycles. The number of halogens is 1. The van der Waals surface area contributed by atoms with E-state index in [1.807, 2.05) is 18.4 Å². The number of hydrogen-bond donors (Lipinski definition) is 1. The number of rotatable bonds is 4. The van der Waals surface area contributed by atoms with E-state index in [0.717, 1.165) is 44.7 Å². The molecule has 27 heavy (non-hydrogen) atoms. The first-order chi connectivity index (χ1) is 12.8. The highest BCUT2D eigenvalue weighted by atomic mass is 127. The molecule has 152 valence electrons. The summed E-state index contributed by atoms with van der Waals surface area (Å²) in [6.45, 7) is 9.25. The number of thiophene rings is 1. The van der Waals surface area contributed by atoms with E-state index in [9.17, 15) is 0 Å². The van der Waals surface area contributed by atoms with Crippen LogP contribution in [0.4, 0.5) is 0 Å². The van der Waals surface area contributed by atoms with Crippen molar-refractivity contribution in [1.82, 2.24) is 20.0 Å². The van der Waals surface area contributed by atoms with Gasteiger partial charge in [-0.05, 0) is 55.8 Å². The standard InChI is InChI=1S/C20H33N5S.HI/c1-21-20(25-12-5-18(16-25)24-9-3-2-4-10-24)22-8-13-23-11-6-19-17(15-23)7-14-26-19;/h7,14,18H,2-6,8-13,15-16H2,1H3,(H,21,22);1H. The van der Waals surface area contributed by atoms with Crippen molar-refractivity contribution < 1.29 is 0 Å². The average molecular weight is 503 g/mol. The van der Waals surface area contributed by atoms with Crippen LogP contribution in [0.25, 0.3) is 0 Å². The second-order valence-electron chi connectivity index (χ2n) is 7.85. The first-order valence-corrected chi connectivity index (χ1v) is 11.2. The Bertz CT molecular complexity index is 613. The molecule has 0 amide bonds. The number of guanidine groups is 1. The largest absolute Gasteiger partial charge is 0.355 e. The lowest BCUT2D eigenvalue weighted by atomic mass is 10.1. The summed E-state index contributed by atoms with van der Waals surface area (Å²) in [6.07, 6.45) is 6.68. The molecule has 0 bridgehead atoms. The Labute approximate surface area is 185 Å². The molecule has 5 nitrogen and oxygen atoms in total. The Kier molecular flexibility index (Phi) is 8.23. The van der Waals surface area contributed by atoms with E-state index in [1.165, 1.54) is 57.3 Å². The summed E-state index contributed by atoms with van der Waals surface area (Å²) in [5.41, 5.74) is 1.54. The molecule has 4 rings (SSSR count). The first kappa shape index (κ1) is 21.3. The third-order valence-electron chi connectivity index (χ3n) is 6.18. The van der Waals surface area contributed by atoms with Gasteiger partial charge in [-0.25, -0.2) is 0 Å². The molecule has 1 N–H and O–H groups in total. The fourth-order valence-corrected chi connectivity index (χ4v) is 5.56. The van der Waals surface area contributed by atoms with E-state index in [-0.39, 0.29) is 24.0 Å². The normalized spacial score (nSPS) is 24.6. The highest BCUT2D eigenvalue weighted by Gasteiger charge is 2.30. The van der Waals surface area contributed by atoms with Gasteiger partial charge in [-0.15, -0.1) is 35.3 Å². The molecule has 7 heteroatoms. The van der Waals surface area contributed by atoms with Gasteiger partial charge < -0.3 is 10.2 Å². The Morgan fingerprint density at radius 3 is 2.89 bits per heavy atom. The van der Waals surface area contributed by atoms with Crippen LogP contribution < -0.4 is 5.32 Å². The fraction of sp³-hybridized carbons (Fsp3) is 0.750. The Hall–Kier alpha value is -0.380. The molecule has 0 aliphatic carbocycles. The quantitative estimate of drug-likeness (QED) is 0.390. The number of hydrogen-bond acceptors (Lipinski definition) is 4. The fourth-order valence-electron chi connectivity index (χ4n) is 4.67. The highest BCUT2D eigenvalue weighted by molar-refractivity contribution is 14.0. The number of likely N-dealkylation sites (tertiary alicyclic amines) is 2. The van der Waals surface area contributed by atoms with E-state index in [4.69, 9.17) is 0 Å². The molecule has 1 aromatic rings. The van der Waals surface area contributed by atoms with Gasteiger partial charge in [0.2, 0.25) is 0 Å². The topological polar surface area (TPSA) is 34.1 Å². The Morgan fingerprint density at radius 2 is 2.07 bits per heavy atom. The Balaban J connectivity index is 0.00000210. The van der Waals surface area contributed by atoms with Gasteiger partial charge in [-0.3, -0.25) is 14.8 Å². The summed E-state index contributed by atoms with van der Waals surface area (Å²) in [5, 5.41) is 5.85. The smallest absolute Gasteiger partial charge is 0.193 e. The third kappa shape index (κ3) is 5.36. The van der Waals surface area contributed by atoms with Gasteiger partial charge in [0.05, 0.1) is 0 Å². The highest BCUT2D eigenvalue weighted by Crippen LogP contribution is 2.23. The molecule has 1 atom stereocenters. The zero-order valence-corrected chi connectivity index (χ0v) is 19.7. The van der Waals surface area contributed by atoms with Crippen molar-refractivity contribution in [3.05, 3.63) is 21.9 Å². The lowest BCUT2D eigenvalue weighted by Crippen LogP contribution is -2.46. The predicted molar refractivity (Wildman–Crippen MR) is 125 cm³/mol. The van der Waals surface area contributed by atoms with Gasteiger partial charge in [-0.2, -0.15) is 0 Å². The molecule has 0 spiro atoms.